The van der Waals surface area contributed by atoms with Gasteiger partial charge in [0.2, 0.25) is 5.91 Å². The van der Waals surface area contributed by atoms with Crippen molar-refractivity contribution in [2.45, 2.75) is 25.9 Å². The van der Waals surface area contributed by atoms with Gasteiger partial charge in [0.15, 0.2) is 5.65 Å². The molecule has 1 unspecified atom stereocenters. The molecule has 0 aliphatic heterocycles. The van der Waals surface area contributed by atoms with Gasteiger partial charge < -0.3 is 10.6 Å². The van der Waals surface area contributed by atoms with Crippen LogP contribution in [0.25, 0.3) is 5.65 Å². The molecule has 3 rings (SSSR count). The van der Waals surface area contributed by atoms with Crippen molar-refractivity contribution in [2.24, 2.45) is 0 Å². The van der Waals surface area contributed by atoms with E-state index >= 15 is 0 Å². The summed E-state index contributed by atoms with van der Waals surface area (Å²) in [6.07, 6.45) is 2.16. The number of pyridine rings is 1. The van der Waals surface area contributed by atoms with Gasteiger partial charge >= 0.3 is 5.69 Å². The van der Waals surface area contributed by atoms with Gasteiger partial charge in [0.1, 0.15) is 6.04 Å². The van der Waals surface area contributed by atoms with E-state index in [9.17, 15) is 14.4 Å². The molecule has 0 saturated heterocycles. The molecule has 10 heteroatoms. The summed E-state index contributed by atoms with van der Waals surface area (Å²) in [5.74, 6) is -0.838. The standard InChI is InChI=1S/C19H19Cl2N5O3/c1-12(23-18(28)13-6-4-7-14(20)16(13)21)17(27)22-9-5-11-26-19(29)25-10-3-2-8-15(25)24-26/h2-4,6-8,10,12H,5,9,11H2,1H3,(H,22,27)(H,23,28). The van der Waals surface area contributed by atoms with Crippen molar-refractivity contribution in [1.29, 1.82) is 0 Å². The number of halogens is 2. The van der Waals surface area contributed by atoms with E-state index < -0.39 is 11.9 Å². The quantitative estimate of drug-likeness (QED) is 0.555. The van der Waals surface area contributed by atoms with Crippen LogP contribution in [0.3, 0.4) is 0 Å². The van der Waals surface area contributed by atoms with Crippen molar-refractivity contribution in [1.82, 2.24) is 24.8 Å². The first-order chi connectivity index (χ1) is 13.9. The average Bonchev–Trinajstić information content (AvgIpc) is 3.03. The normalized spacial score (nSPS) is 12.0. The summed E-state index contributed by atoms with van der Waals surface area (Å²) in [4.78, 5) is 36.7. The molecule has 0 spiro atoms. The second-order valence-corrected chi connectivity index (χ2v) is 7.16. The number of carbonyl (C=O) groups excluding carboxylic acids is 2. The highest BCUT2D eigenvalue weighted by molar-refractivity contribution is 6.43. The fourth-order valence-electron chi connectivity index (χ4n) is 2.73. The Bertz CT molecular complexity index is 1110. The lowest BCUT2D eigenvalue weighted by atomic mass is 10.2. The number of carbonyl (C=O) groups is 2. The Morgan fingerprint density at radius 3 is 2.72 bits per heavy atom. The molecule has 0 bridgehead atoms. The highest BCUT2D eigenvalue weighted by Crippen LogP contribution is 2.25. The van der Waals surface area contributed by atoms with Crippen molar-refractivity contribution >= 4 is 40.7 Å². The Hall–Kier alpha value is -2.84. The first kappa shape index (κ1) is 20.9. The Morgan fingerprint density at radius 1 is 1.17 bits per heavy atom. The van der Waals surface area contributed by atoms with E-state index in [1.54, 1.807) is 43.5 Å². The van der Waals surface area contributed by atoms with Gasteiger partial charge in [-0.05, 0) is 37.6 Å². The molecule has 2 amide bonds. The Kier molecular flexibility index (Phi) is 6.56. The third kappa shape index (κ3) is 4.78. The Labute approximate surface area is 176 Å². The summed E-state index contributed by atoms with van der Waals surface area (Å²) < 4.78 is 2.81. The Morgan fingerprint density at radius 2 is 1.97 bits per heavy atom. The minimum atomic E-state index is -0.768. The van der Waals surface area contributed by atoms with Crippen LogP contribution in [-0.4, -0.2) is 38.6 Å². The zero-order valence-electron chi connectivity index (χ0n) is 15.6. The number of hydrogen-bond donors (Lipinski definition) is 2. The number of fused-ring (bicyclic) bond motifs is 1. The minimum Gasteiger partial charge on any atom is -0.354 e. The first-order valence-corrected chi connectivity index (χ1v) is 9.71. The number of aromatic nitrogens is 3. The zero-order chi connectivity index (χ0) is 21.0. The third-order valence-electron chi connectivity index (χ3n) is 4.27. The molecule has 8 nitrogen and oxygen atoms in total. The molecular formula is C19H19Cl2N5O3. The summed E-state index contributed by atoms with van der Waals surface area (Å²) in [6.45, 7) is 2.26. The molecule has 1 aromatic carbocycles. The summed E-state index contributed by atoms with van der Waals surface area (Å²) >= 11 is 11.9. The first-order valence-electron chi connectivity index (χ1n) is 8.95. The van der Waals surface area contributed by atoms with Crippen LogP contribution in [0.4, 0.5) is 0 Å². The molecule has 2 aromatic heterocycles. The topological polar surface area (TPSA) is 97.5 Å². The van der Waals surface area contributed by atoms with Crippen LogP contribution >= 0.6 is 23.2 Å². The number of aryl methyl sites for hydroxylation is 1. The molecule has 152 valence electrons. The molecule has 0 aliphatic rings. The van der Waals surface area contributed by atoms with Crippen LogP contribution < -0.4 is 16.3 Å². The van der Waals surface area contributed by atoms with Gasteiger partial charge in [-0.2, -0.15) is 0 Å². The maximum atomic E-state index is 12.3. The van der Waals surface area contributed by atoms with Crippen molar-refractivity contribution < 1.29 is 9.59 Å². The van der Waals surface area contributed by atoms with E-state index in [1.165, 1.54) is 15.1 Å². The largest absolute Gasteiger partial charge is 0.354 e. The van der Waals surface area contributed by atoms with Gasteiger partial charge in [-0.25, -0.2) is 9.48 Å². The molecule has 0 saturated carbocycles. The third-order valence-corrected chi connectivity index (χ3v) is 5.09. The molecule has 0 fully saturated rings. The van der Waals surface area contributed by atoms with Crippen LogP contribution in [-0.2, 0) is 11.3 Å². The van der Waals surface area contributed by atoms with E-state index in [0.717, 1.165) is 0 Å². The lowest BCUT2D eigenvalue weighted by Gasteiger charge is -2.15. The minimum absolute atomic E-state index is 0.136. The highest BCUT2D eigenvalue weighted by Gasteiger charge is 2.19. The van der Waals surface area contributed by atoms with Crippen LogP contribution in [0, 0.1) is 0 Å². The maximum Gasteiger partial charge on any atom is 0.350 e. The van der Waals surface area contributed by atoms with Crippen LogP contribution in [0.2, 0.25) is 10.0 Å². The van der Waals surface area contributed by atoms with Gasteiger partial charge in [-0.3, -0.25) is 14.0 Å². The number of rotatable bonds is 7. The molecular weight excluding hydrogens is 417 g/mol. The van der Waals surface area contributed by atoms with E-state index in [4.69, 9.17) is 23.2 Å². The highest BCUT2D eigenvalue weighted by atomic mass is 35.5. The van der Waals surface area contributed by atoms with Crippen molar-refractivity contribution in [3.05, 3.63) is 68.7 Å². The fraction of sp³-hybridized carbons (Fsp3) is 0.263. The molecule has 2 N–H and O–H groups in total. The van der Waals surface area contributed by atoms with E-state index in [0.29, 0.717) is 25.2 Å². The number of nitrogens with zero attached hydrogens (tertiary/aromatic N) is 3. The number of nitrogens with one attached hydrogen (secondary N) is 2. The summed E-state index contributed by atoms with van der Waals surface area (Å²) in [5, 5.41) is 9.94. The second kappa shape index (κ2) is 9.11. The van der Waals surface area contributed by atoms with Crippen molar-refractivity contribution in [2.75, 3.05) is 6.54 Å². The molecule has 3 aromatic rings. The monoisotopic (exact) mass is 435 g/mol. The van der Waals surface area contributed by atoms with Crippen LogP contribution in [0.15, 0.2) is 47.4 Å². The van der Waals surface area contributed by atoms with Crippen LogP contribution in [0.5, 0.6) is 0 Å². The molecule has 0 radical (unpaired) electrons. The lowest BCUT2D eigenvalue weighted by Crippen LogP contribution is -2.45. The average molecular weight is 436 g/mol. The summed E-state index contributed by atoms with van der Waals surface area (Å²) in [7, 11) is 0. The van der Waals surface area contributed by atoms with Gasteiger partial charge in [0.25, 0.3) is 5.91 Å². The number of benzene rings is 1. The number of amides is 2. The predicted octanol–water partition coefficient (Wildman–Crippen LogP) is 2.13. The zero-order valence-corrected chi connectivity index (χ0v) is 17.1. The van der Waals surface area contributed by atoms with Crippen LogP contribution in [0.1, 0.15) is 23.7 Å². The number of hydrogen-bond acceptors (Lipinski definition) is 4. The van der Waals surface area contributed by atoms with Crippen molar-refractivity contribution in [3.8, 4) is 0 Å². The second-order valence-electron chi connectivity index (χ2n) is 6.38. The maximum absolute atomic E-state index is 12.3. The van der Waals surface area contributed by atoms with Crippen molar-refractivity contribution in [3.63, 3.8) is 0 Å². The van der Waals surface area contributed by atoms with Gasteiger partial charge in [-0.15, -0.1) is 5.10 Å². The molecule has 1 atom stereocenters. The summed E-state index contributed by atoms with van der Waals surface area (Å²) in [6, 6.07) is 9.25. The van der Waals surface area contributed by atoms with E-state index in [1.807, 2.05) is 0 Å². The smallest absolute Gasteiger partial charge is 0.350 e. The Balaban J connectivity index is 1.48. The molecule has 29 heavy (non-hydrogen) atoms. The molecule has 0 aliphatic carbocycles. The van der Waals surface area contributed by atoms with E-state index in [2.05, 4.69) is 15.7 Å². The molecule has 2 heterocycles. The van der Waals surface area contributed by atoms with Gasteiger partial charge in [0.05, 0.1) is 15.6 Å². The van der Waals surface area contributed by atoms with Gasteiger partial charge in [0, 0.05) is 19.3 Å². The SMILES string of the molecule is CC(NC(=O)c1cccc(Cl)c1Cl)C(=O)NCCCn1nc2ccccn2c1=O. The summed E-state index contributed by atoms with van der Waals surface area (Å²) in [5.41, 5.74) is 0.536. The van der Waals surface area contributed by atoms with E-state index in [-0.39, 0.29) is 27.2 Å². The lowest BCUT2D eigenvalue weighted by molar-refractivity contribution is -0.122. The van der Waals surface area contributed by atoms with Gasteiger partial charge in [-0.1, -0.05) is 35.3 Å². The predicted molar refractivity (Wildman–Crippen MR) is 110 cm³/mol. The fourth-order valence-corrected chi connectivity index (χ4v) is 3.11.